The summed E-state index contributed by atoms with van der Waals surface area (Å²) in [4.78, 5) is 13.1. The predicted molar refractivity (Wildman–Crippen MR) is 86.7 cm³/mol. The molecule has 0 bridgehead atoms. The lowest BCUT2D eigenvalue weighted by Crippen LogP contribution is -2.16. The summed E-state index contributed by atoms with van der Waals surface area (Å²) >= 11 is 0. The van der Waals surface area contributed by atoms with Crippen molar-refractivity contribution in [3.63, 3.8) is 0 Å². The van der Waals surface area contributed by atoms with Crippen molar-refractivity contribution in [1.82, 2.24) is 19.5 Å². The van der Waals surface area contributed by atoms with Crippen molar-refractivity contribution >= 4 is 17.0 Å². The molecule has 0 saturated heterocycles. The molecule has 1 fully saturated rings. The van der Waals surface area contributed by atoms with Crippen molar-refractivity contribution in [2.75, 3.05) is 5.32 Å². The number of benzene rings is 1. The van der Waals surface area contributed by atoms with E-state index in [2.05, 4.69) is 20.3 Å². The first-order valence-corrected chi connectivity index (χ1v) is 7.97. The van der Waals surface area contributed by atoms with Crippen LogP contribution in [0.3, 0.4) is 0 Å². The van der Waals surface area contributed by atoms with Gasteiger partial charge in [-0.15, -0.1) is 0 Å². The van der Waals surface area contributed by atoms with Crippen LogP contribution < -0.4 is 5.32 Å². The number of hydrogen-bond acceptors (Lipinski definition) is 4. The van der Waals surface area contributed by atoms with Crippen LogP contribution in [0.15, 0.2) is 36.9 Å². The lowest BCUT2D eigenvalue weighted by molar-refractivity contribution is 0.601. The molecular formula is C17H18FN5. The molecule has 2 heterocycles. The minimum absolute atomic E-state index is 0.215. The van der Waals surface area contributed by atoms with Gasteiger partial charge >= 0.3 is 0 Å². The molecule has 1 aliphatic carbocycles. The van der Waals surface area contributed by atoms with Gasteiger partial charge in [0.15, 0.2) is 11.5 Å². The topological polar surface area (TPSA) is 55.6 Å². The molecule has 4 rings (SSSR count). The Labute approximate surface area is 133 Å². The number of imidazole rings is 1. The Morgan fingerprint density at radius 3 is 2.78 bits per heavy atom. The molecule has 0 atom stereocenters. The second-order valence-corrected chi connectivity index (χ2v) is 5.98. The van der Waals surface area contributed by atoms with E-state index < -0.39 is 0 Å². The Balaban J connectivity index is 1.65. The number of nitrogens with zero attached hydrogens (tertiary/aromatic N) is 4. The van der Waals surface area contributed by atoms with Gasteiger partial charge in [-0.2, -0.15) is 0 Å². The number of anilines is 1. The molecule has 6 heteroatoms. The second-order valence-electron chi connectivity index (χ2n) is 5.98. The largest absolute Gasteiger partial charge is 0.365 e. The first-order valence-electron chi connectivity index (χ1n) is 7.97. The third-order valence-corrected chi connectivity index (χ3v) is 4.40. The molecule has 0 unspecified atom stereocenters. The first-order chi connectivity index (χ1) is 11.3. The van der Waals surface area contributed by atoms with Gasteiger partial charge in [0.2, 0.25) is 0 Å². The van der Waals surface area contributed by atoms with Crippen molar-refractivity contribution in [2.45, 2.75) is 38.3 Å². The highest BCUT2D eigenvalue weighted by atomic mass is 19.1. The molecule has 5 nitrogen and oxygen atoms in total. The molecule has 2 aromatic heterocycles. The van der Waals surface area contributed by atoms with Gasteiger partial charge in [0, 0.05) is 11.6 Å². The Morgan fingerprint density at radius 1 is 1.13 bits per heavy atom. The standard InChI is InChI=1S/C17H18FN5/c18-14-8-4-1-5-12(14)9-23-11-21-15-16(19-10-20-17(15)23)22-13-6-2-3-7-13/h1,4-5,8,10-11,13H,2-3,6-7,9H2,(H,19,20,22). The van der Waals surface area contributed by atoms with Crippen LogP contribution in [0, 0.1) is 5.82 Å². The molecule has 1 aliphatic rings. The van der Waals surface area contributed by atoms with E-state index in [9.17, 15) is 4.39 Å². The average Bonchev–Trinajstić information content (AvgIpc) is 3.20. The minimum atomic E-state index is -0.215. The minimum Gasteiger partial charge on any atom is -0.365 e. The molecule has 0 radical (unpaired) electrons. The summed E-state index contributed by atoms with van der Waals surface area (Å²) in [6.07, 6.45) is 8.09. The highest BCUT2D eigenvalue weighted by molar-refractivity contribution is 5.82. The Kier molecular flexibility index (Phi) is 3.65. The summed E-state index contributed by atoms with van der Waals surface area (Å²) in [5.41, 5.74) is 2.09. The molecule has 3 aromatic rings. The Hall–Kier alpha value is -2.50. The normalized spacial score (nSPS) is 15.3. The van der Waals surface area contributed by atoms with E-state index in [0.717, 1.165) is 17.0 Å². The van der Waals surface area contributed by atoms with Crippen LogP contribution in [0.4, 0.5) is 10.2 Å². The quantitative estimate of drug-likeness (QED) is 0.802. The summed E-state index contributed by atoms with van der Waals surface area (Å²) in [5.74, 6) is 0.557. The fourth-order valence-electron chi connectivity index (χ4n) is 3.18. The lowest BCUT2D eigenvalue weighted by Gasteiger charge is -2.12. The predicted octanol–water partition coefficient (Wildman–Crippen LogP) is 3.37. The number of aromatic nitrogens is 4. The van der Waals surface area contributed by atoms with Crippen LogP contribution in [0.1, 0.15) is 31.2 Å². The third kappa shape index (κ3) is 2.76. The monoisotopic (exact) mass is 311 g/mol. The fourth-order valence-corrected chi connectivity index (χ4v) is 3.18. The number of fused-ring (bicyclic) bond motifs is 1. The molecule has 0 amide bonds. The molecule has 0 aliphatic heterocycles. The number of halogens is 1. The number of rotatable bonds is 4. The van der Waals surface area contributed by atoms with Crippen LogP contribution in [0.25, 0.3) is 11.2 Å². The maximum absolute atomic E-state index is 13.9. The van der Waals surface area contributed by atoms with Crippen LogP contribution in [-0.4, -0.2) is 25.6 Å². The van der Waals surface area contributed by atoms with Gasteiger partial charge in [0.25, 0.3) is 0 Å². The average molecular weight is 311 g/mol. The van der Waals surface area contributed by atoms with Crippen molar-refractivity contribution in [1.29, 1.82) is 0 Å². The Bertz CT molecular complexity index is 823. The van der Waals surface area contributed by atoms with Crippen molar-refractivity contribution < 1.29 is 4.39 Å². The zero-order valence-corrected chi connectivity index (χ0v) is 12.7. The van der Waals surface area contributed by atoms with Crippen molar-refractivity contribution in [3.05, 3.63) is 48.3 Å². The number of hydrogen-bond donors (Lipinski definition) is 1. The summed E-state index contributed by atoms with van der Waals surface area (Å²) in [6, 6.07) is 7.23. The van der Waals surface area contributed by atoms with Gasteiger partial charge in [-0.3, -0.25) is 0 Å². The highest BCUT2D eigenvalue weighted by Crippen LogP contribution is 2.25. The summed E-state index contributed by atoms with van der Waals surface area (Å²) in [7, 11) is 0. The zero-order valence-electron chi connectivity index (χ0n) is 12.7. The van der Waals surface area contributed by atoms with Crippen molar-refractivity contribution in [2.24, 2.45) is 0 Å². The molecule has 1 saturated carbocycles. The molecule has 0 spiro atoms. The van der Waals surface area contributed by atoms with Crippen LogP contribution in [0.2, 0.25) is 0 Å². The maximum atomic E-state index is 13.9. The van der Waals surface area contributed by atoms with Crippen LogP contribution >= 0.6 is 0 Å². The SMILES string of the molecule is Fc1ccccc1Cn1cnc2c(NC3CCCC3)ncnc21. The molecule has 23 heavy (non-hydrogen) atoms. The fraction of sp³-hybridized carbons (Fsp3) is 0.353. The van der Waals surface area contributed by atoms with E-state index in [-0.39, 0.29) is 5.82 Å². The smallest absolute Gasteiger partial charge is 0.165 e. The van der Waals surface area contributed by atoms with Gasteiger partial charge in [0.05, 0.1) is 12.9 Å². The first kappa shape index (κ1) is 14.1. The molecule has 1 aromatic carbocycles. The second kappa shape index (κ2) is 5.95. The highest BCUT2D eigenvalue weighted by Gasteiger charge is 2.18. The van der Waals surface area contributed by atoms with E-state index in [0.29, 0.717) is 18.2 Å². The van der Waals surface area contributed by atoms with Gasteiger partial charge in [-0.1, -0.05) is 31.0 Å². The maximum Gasteiger partial charge on any atom is 0.165 e. The summed E-state index contributed by atoms with van der Waals surface area (Å²) in [6.45, 7) is 0.406. The van der Waals surface area contributed by atoms with Crippen LogP contribution in [0.5, 0.6) is 0 Å². The van der Waals surface area contributed by atoms with E-state index in [1.807, 2.05) is 10.6 Å². The van der Waals surface area contributed by atoms with E-state index in [1.54, 1.807) is 24.8 Å². The van der Waals surface area contributed by atoms with Crippen molar-refractivity contribution in [3.8, 4) is 0 Å². The van der Waals surface area contributed by atoms with E-state index in [4.69, 9.17) is 0 Å². The molecular weight excluding hydrogens is 293 g/mol. The number of nitrogens with one attached hydrogen (secondary N) is 1. The van der Waals surface area contributed by atoms with Crippen LogP contribution in [-0.2, 0) is 6.54 Å². The molecule has 1 N–H and O–H groups in total. The van der Waals surface area contributed by atoms with Gasteiger partial charge in [-0.25, -0.2) is 19.3 Å². The summed E-state index contributed by atoms with van der Waals surface area (Å²) < 4.78 is 15.7. The van der Waals surface area contributed by atoms with E-state index in [1.165, 1.54) is 31.7 Å². The van der Waals surface area contributed by atoms with Gasteiger partial charge in [-0.05, 0) is 18.9 Å². The molecule has 118 valence electrons. The van der Waals surface area contributed by atoms with Gasteiger partial charge < -0.3 is 9.88 Å². The Morgan fingerprint density at radius 2 is 1.96 bits per heavy atom. The lowest BCUT2D eigenvalue weighted by atomic mass is 10.2. The van der Waals surface area contributed by atoms with Gasteiger partial charge in [0.1, 0.15) is 17.7 Å². The van der Waals surface area contributed by atoms with E-state index >= 15 is 0 Å². The summed E-state index contributed by atoms with van der Waals surface area (Å²) in [5, 5.41) is 3.47. The third-order valence-electron chi connectivity index (χ3n) is 4.40. The zero-order chi connectivity index (χ0) is 15.6.